The fourth-order valence-corrected chi connectivity index (χ4v) is 4.24. The Bertz CT molecular complexity index is 1330. The Labute approximate surface area is 187 Å². The van der Waals surface area contributed by atoms with Gasteiger partial charge in [0.2, 0.25) is 5.95 Å². The quantitative estimate of drug-likeness (QED) is 0.501. The Morgan fingerprint density at radius 3 is 2.64 bits per heavy atom. The third-order valence-electron chi connectivity index (χ3n) is 5.82. The summed E-state index contributed by atoms with van der Waals surface area (Å²) in [6, 6.07) is 9.34. The summed E-state index contributed by atoms with van der Waals surface area (Å²) in [7, 11) is 1.55. The van der Waals surface area contributed by atoms with Crippen LogP contribution in [0.4, 0.5) is 24.8 Å². The van der Waals surface area contributed by atoms with Gasteiger partial charge in [-0.3, -0.25) is 4.40 Å². The number of nitrogen functional groups attached to an aromatic ring is 1. The highest BCUT2D eigenvalue weighted by Crippen LogP contribution is 2.35. The number of methoxy groups -OCH3 is 1. The van der Waals surface area contributed by atoms with Gasteiger partial charge in [0.15, 0.2) is 0 Å². The van der Waals surface area contributed by atoms with Gasteiger partial charge in [0.25, 0.3) is 0 Å². The molecule has 1 fully saturated rings. The molecule has 7 nitrogen and oxygen atoms in total. The van der Waals surface area contributed by atoms with Crippen molar-refractivity contribution < 1.29 is 22.6 Å². The average Bonchev–Trinajstić information content (AvgIpc) is 3.23. The van der Waals surface area contributed by atoms with Gasteiger partial charge in [-0.1, -0.05) is 6.07 Å². The van der Waals surface area contributed by atoms with Gasteiger partial charge in [0.05, 0.1) is 31.6 Å². The number of hydrogen-bond acceptors (Lipinski definition) is 6. The third-order valence-corrected chi connectivity index (χ3v) is 5.82. The van der Waals surface area contributed by atoms with E-state index in [0.717, 1.165) is 17.1 Å². The lowest BCUT2D eigenvalue weighted by molar-refractivity contribution is -0.137. The van der Waals surface area contributed by atoms with Crippen LogP contribution in [0.2, 0.25) is 0 Å². The molecule has 172 valence electrons. The lowest BCUT2D eigenvalue weighted by atomic mass is 10.0. The molecule has 2 aromatic heterocycles. The van der Waals surface area contributed by atoms with Gasteiger partial charge in [-0.15, -0.1) is 0 Å². The van der Waals surface area contributed by atoms with Crippen LogP contribution in [0.5, 0.6) is 5.75 Å². The molecule has 0 saturated carbocycles. The molecule has 5 rings (SSSR count). The van der Waals surface area contributed by atoms with Crippen LogP contribution in [0.1, 0.15) is 16.8 Å². The minimum Gasteiger partial charge on any atom is -0.494 e. The molecule has 0 bridgehead atoms. The minimum absolute atomic E-state index is 0.212. The van der Waals surface area contributed by atoms with Gasteiger partial charge in [-0.2, -0.15) is 13.2 Å². The van der Waals surface area contributed by atoms with Gasteiger partial charge < -0.3 is 20.1 Å². The van der Waals surface area contributed by atoms with Crippen molar-refractivity contribution in [3.63, 3.8) is 0 Å². The summed E-state index contributed by atoms with van der Waals surface area (Å²) in [6.07, 6.45) is -2.50. The maximum Gasteiger partial charge on any atom is 0.416 e. The summed E-state index contributed by atoms with van der Waals surface area (Å²) >= 11 is 0. The van der Waals surface area contributed by atoms with Gasteiger partial charge in [-0.05, 0) is 35.9 Å². The number of hydrogen-bond donors (Lipinski definition) is 1. The predicted molar refractivity (Wildman–Crippen MR) is 119 cm³/mol. The molecule has 10 heteroatoms. The fraction of sp³-hybridized carbons (Fsp3) is 0.304. The van der Waals surface area contributed by atoms with E-state index in [4.69, 9.17) is 20.2 Å². The SMILES string of the molecule is COc1cccc2c1nc(N)n1cc(Cc3cc(C(F)(F)F)ccc3N3CCOCC3)nc21. The van der Waals surface area contributed by atoms with E-state index < -0.39 is 11.7 Å². The number of nitrogens with zero attached hydrogens (tertiary/aromatic N) is 4. The highest BCUT2D eigenvalue weighted by Gasteiger charge is 2.31. The number of imidazole rings is 1. The van der Waals surface area contributed by atoms with Crippen molar-refractivity contribution in [3.8, 4) is 5.75 Å². The van der Waals surface area contributed by atoms with Crippen LogP contribution in [-0.4, -0.2) is 47.8 Å². The molecular weight excluding hydrogens is 435 g/mol. The summed E-state index contributed by atoms with van der Waals surface area (Å²) < 4.78 is 52.8. The second-order valence-corrected chi connectivity index (χ2v) is 7.87. The molecule has 1 saturated heterocycles. The lowest BCUT2D eigenvalue weighted by Crippen LogP contribution is -2.36. The number of benzene rings is 2. The van der Waals surface area contributed by atoms with Crippen molar-refractivity contribution >= 4 is 28.2 Å². The molecule has 2 N–H and O–H groups in total. The number of morpholine rings is 1. The summed E-state index contributed by atoms with van der Waals surface area (Å²) in [5.74, 6) is 0.789. The Morgan fingerprint density at radius 2 is 1.91 bits per heavy atom. The van der Waals surface area contributed by atoms with E-state index in [2.05, 4.69) is 4.98 Å². The highest BCUT2D eigenvalue weighted by atomic mass is 19.4. The zero-order chi connectivity index (χ0) is 23.2. The zero-order valence-corrected chi connectivity index (χ0v) is 17.9. The second kappa shape index (κ2) is 8.11. The van der Waals surface area contributed by atoms with Crippen molar-refractivity contribution in [1.82, 2.24) is 14.4 Å². The second-order valence-electron chi connectivity index (χ2n) is 7.87. The van der Waals surface area contributed by atoms with Crippen molar-refractivity contribution in [2.75, 3.05) is 44.0 Å². The van der Waals surface area contributed by atoms with E-state index in [9.17, 15) is 13.2 Å². The number of nitrogens with two attached hydrogens (primary N) is 1. The Balaban J connectivity index is 1.61. The first-order valence-corrected chi connectivity index (χ1v) is 10.5. The first-order chi connectivity index (χ1) is 15.8. The number of fused-ring (bicyclic) bond motifs is 3. The first-order valence-electron chi connectivity index (χ1n) is 10.5. The zero-order valence-electron chi connectivity index (χ0n) is 17.9. The predicted octanol–water partition coefficient (Wildman–Crippen LogP) is 3.92. The molecular formula is C23H22F3N5O2. The first kappa shape index (κ1) is 21.3. The molecule has 4 aromatic rings. The number of halogens is 3. The summed E-state index contributed by atoms with van der Waals surface area (Å²) in [5.41, 5.74) is 8.52. The summed E-state index contributed by atoms with van der Waals surface area (Å²) in [6.45, 7) is 2.30. The molecule has 0 unspecified atom stereocenters. The number of para-hydroxylation sites is 1. The van der Waals surface area contributed by atoms with E-state index >= 15 is 0 Å². The topological polar surface area (TPSA) is 77.9 Å². The van der Waals surface area contributed by atoms with Crippen LogP contribution in [0.3, 0.4) is 0 Å². The van der Waals surface area contributed by atoms with Crippen LogP contribution in [0, 0.1) is 0 Å². The van der Waals surface area contributed by atoms with Crippen molar-refractivity contribution in [3.05, 3.63) is 59.4 Å². The van der Waals surface area contributed by atoms with Gasteiger partial charge in [-0.25, -0.2) is 9.97 Å². The van der Waals surface area contributed by atoms with E-state index in [0.29, 0.717) is 54.5 Å². The number of rotatable bonds is 4. The van der Waals surface area contributed by atoms with Gasteiger partial charge in [0.1, 0.15) is 16.9 Å². The van der Waals surface area contributed by atoms with Crippen LogP contribution in [0.25, 0.3) is 16.6 Å². The van der Waals surface area contributed by atoms with E-state index in [1.54, 1.807) is 23.8 Å². The molecule has 0 radical (unpaired) electrons. The summed E-state index contributed by atoms with van der Waals surface area (Å²) in [4.78, 5) is 11.2. The Hall–Kier alpha value is -3.53. The van der Waals surface area contributed by atoms with E-state index in [-0.39, 0.29) is 12.4 Å². The molecule has 0 atom stereocenters. The highest BCUT2D eigenvalue weighted by molar-refractivity contribution is 5.96. The average molecular weight is 457 g/mol. The molecule has 0 amide bonds. The fourth-order valence-electron chi connectivity index (χ4n) is 4.24. The molecule has 3 heterocycles. The van der Waals surface area contributed by atoms with Crippen LogP contribution < -0.4 is 15.4 Å². The Kier molecular flexibility index (Phi) is 5.24. The van der Waals surface area contributed by atoms with Crippen molar-refractivity contribution in [1.29, 1.82) is 0 Å². The monoisotopic (exact) mass is 457 g/mol. The van der Waals surface area contributed by atoms with Crippen LogP contribution in [-0.2, 0) is 17.3 Å². The van der Waals surface area contributed by atoms with Crippen molar-refractivity contribution in [2.24, 2.45) is 0 Å². The smallest absolute Gasteiger partial charge is 0.416 e. The number of aromatic nitrogens is 3. The molecule has 0 aliphatic carbocycles. The molecule has 0 spiro atoms. The summed E-state index contributed by atoms with van der Waals surface area (Å²) in [5, 5.41) is 0.743. The van der Waals surface area contributed by atoms with E-state index in [1.807, 2.05) is 17.0 Å². The number of alkyl halides is 3. The van der Waals surface area contributed by atoms with Gasteiger partial charge >= 0.3 is 6.18 Å². The maximum absolute atomic E-state index is 13.5. The standard InChI is InChI=1S/C23H22F3N5O2/c1-32-19-4-2-3-17-20(19)29-22(27)31-13-16(28-21(17)31)12-14-11-15(23(24,25)26)5-6-18(14)30-7-9-33-10-8-30/h2-6,11,13H,7-10,12H2,1H3,(H2,27,29). The molecule has 2 aromatic carbocycles. The third kappa shape index (κ3) is 3.91. The Morgan fingerprint density at radius 1 is 1.12 bits per heavy atom. The van der Waals surface area contributed by atoms with Crippen LogP contribution >= 0.6 is 0 Å². The maximum atomic E-state index is 13.5. The van der Waals surface area contributed by atoms with Crippen molar-refractivity contribution in [2.45, 2.75) is 12.6 Å². The van der Waals surface area contributed by atoms with Gasteiger partial charge in [0, 0.05) is 36.8 Å². The minimum atomic E-state index is -4.43. The molecule has 1 aliphatic rings. The molecule has 33 heavy (non-hydrogen) atoms. The lowest BCUT2D eigenvalue weighted by Gasteiger charge is -2.31. The van der Waals surface area contributed by atoms with E-state index in [1.165, 1.54) is 12.1 Å². The number of anilines is 2. The largest absolute Gasteiger partial charge is 0.494 e. The van der Waals surface area contributed by atoms with Crippen LogP contribution in [0.15, 0.2) is 42.6 Å². The normalized spacial score (nSPS) is 14.8. The molecule has 1 aliphatic heterocycles. The number of ether oxygens (including phenoxy) is 2.